The van der Waals surface area contributed by atoms with Crippen LogP contribution >= 0.6 is 0 Å². The van der Waals surface area contributed by atoms with E-state index in [1.165, 1.54) is 38.0 Å². The maximum Gasteiger partial charge on any atom is 0.0450 e. The number of piperidine rings is 1. The minimum Gasteiger partial charge on any atom is -0.323 e. The SMILES string of the molecule is CCN1CCC(N(C)C(C)C(N)c2ccccc2)CC1. The average Bonchev–Trinajstić information content (AvgIpc) is 2.53. The van der Waals surface area contributed by atoms with Crippen molar-refractivity contribution in [2.24, 2.45) is 5.73 Å². The van der Waals surface area contributed by atoms with E-state index in [2.05, 4.69) is 55.0 Å². The van der Waals surface area contributed by atoms with E-state index in [1.54, 1.807) is 0 Å². The normalized spacial score (nSPS) is 21.1. The highest BCUT2D eigenvalue weighted by molar-refractivity contribution is 5.20. The summed E-state index contributed by atoms with van der Waals surface area (Å²) in [5.41, 5.74) is 7.68. The summed E-state index contributed by atoms with van der Waals surface area (Å²) >= 11 is 0. The second-order valence-electron chi connectivity index (χ2n) is 6.01. The van der Waals surface area contributed by atoms with Gasteiger partial charge in [-0.3, -0.25) is 4.90 Å². The van der Waals surface area contributed by atoms with Crippen molar-refractivity contribution in [2.75, 3.05) is 26.7 Å². The van der Waals surface area contributed by atoms with Crippen molar-refractivity contribution in [2.45, 2.75) is 44.8 Å². The van der Waals surface area contributed by atoms with Gasteiger partial charge in [0.1, 0.15) is 0 Å². The van der Waals surface area contributed by atoms with Gasteiger partial charge in [0.15, 0.2) is 0 Å². The lowest BCUT2D eigenvalue weighted by atomic mass is 9.96. The lowest BCUT2D eigenvalue weighted by Gasteiger charge is -2.40. The van der Waals surface area contributed by atoms with Gasteiger partial charge < -0.3 is 10.6 Å². The molecule has 1 fully saturated rings. The first-order chi connectivity index (χ1) is 9.63. The summed E-state index contributed by atoms with van der Waals surface area (Å²) in [7, 11) is 2.24. The Kier molecular flexibility index (Phi) is 5.58. The topological polar surface area (TPSA) is 32.5 Å². The van der Waals surface area contributed by atoms with Gasteiger partial charge in [-0.2, -0.15) is 0 Å². The van der Waals surface area contributed by atoms with Crippen LogP contribution in [-0.2, 0) is 0 Å². The molecule has 2 rings (SSSR count). The second-order valence-corrected chi connectivity index (χ2v) is 6.01. The molecule has 20 heavy (non-hydrogen) atoms. The molecular weight excluding hydrogens is 246 g/mol. The fraction of sp³-hybridized carbons (Fsp3) is 0.647. The first kappa shape index (κ1) is 15.5. The molecule has 2 N–H and O–H groups in total. The predicted molar refractivity (Wildman–Crippen MR) is 85.7 cm³/mol. The van der Waals surface area contributed by atoms with Crippen LogP contribution in [0.15, 0.2) is 30.3 Å². The maximum atomic E-state index is 6.45. The van der Waals surface area contributed by atoms with E-state index in [-0.39, 0.29) is 6.04 Å². The predicted octanol–water partition coefficient (Wildman–Crippen LogP) is 2.49. The van der Waals surface area contributed by atoms with Gasteiger partial charge in [0, 0.05) is 18.1 Å². The van der Waals surface area contributed by atoms with Crippen LogP contribution in [0.3, 0.4) is 0 Å². The Morgan fingerprint density at radius 1 is 1.25 bits per heavy atom. The van der Waals surface area contributed by atoms with E-state index < -0.39 is 0 Å². The molecule has 0 aliphatic carbocycles. The van der Waals surface area contributed by atoms with Crippen LogP contribution in [0, 0.1) is 0 Å². The fourth-order valence-corrected chi connectivity index (χ4v) is 3.18. The number of hydrogen-bond donors (Lipinski definition) is 1. The summed E-state index contributed by atoms with van der Waals surface area (Å²) in [6, 6.07) is 11.6. The zero-order valence-corrected chi connectivity index (χ0v) is 13.1. The standard InChI is InChI=1S/C17H29N3/c1-4-20-12-10-16(11-13-20)19(3)14(2)17(18)15-8-6-5-7-9-15/h5-9,14,16-17H,4,10-13,18H2,1-3H3. The number of nitrogens with two attached hydrogens (primary N) is 1. The Morgan fingerprint density at radius 3 is 2.40 bits per heavy atom. The molecule has 1 aliphatic heterocycles. The number of likely N-dealkylation sites (N-methyl/N-ethyl adjacent to an activating group) is 1. The summed E-state index contributed by atoms with van der Waals surface area (Å²) in [5.74, 6) is 0. The quantitative estimate of drug-likeness (QED) is 0.896. The van der Waals surface area contributed by atoms with E-state index in [0.29, 0.717) is 12.1 Å². The molecule has 1 aromatic carbocycles. The van der Waals surface area contributed by atoms with E-state index in [0.717, 1.165) is 0 Å². The zero-order chi connectivity index (χ0) is 14.5. The number of benzene rings is 1. The van der Waals surface area contributed by atoms with Gasteiger partial charge in [0.2, 0.25) is 0 Å². The van der Waals surface area contributed by atoms with E-state index in [9.17, 15) is 0 Å². The molecule has 0 aromatic heterocycles. The largest absolute Gasteiger partial charge is 0.323 e. The molecule has 0 spiro atoms. The van der Waals surface area contributed by atoms with Crippen molar-refractivity contribution >= 4 is 0 Å². The Morgan fingerprint density at radius 2 is 1.85 bits per heavy atom. The molecule has 1 aliphatic rings. The molecule has 2 unspecified atom stereocenters. The Balaban J connectivity index is 1.93. The van der Waals surface area contributed by atoms with E-state index in [1.807, 2.05) is 6.07 Å². The lowest BCUT2D eigenvalue weighted by Crippen LogP contribution is -2.49. The molecule has 3 heteroatoms. The maximum absolute atomic E-state index is 6.45. The van der Waals surface area contributed by atoms with Crippen LogP contribution in [0.25, 0.3) is 0 Å². The highest BCUT2D eigenvalue weighted by Gasteiger charge is 2.27. The molecule has 112 valence electrons. The van der Waals surface area contributed by atoms with Crippen molar-refractivity contribution < 1.29 is 0 Å². The molecular formula is C17H29N3. The van der Waals surface area contributed by atoms with E-state index in [4.69, 9.17) is 5.73 Å². The van der Waals surface area contributed by atoms with Crippen LogP contribution in [0.4, 0.5) is 0 Å². The summed E-state index contributed by atoms with van der Waals surface area (Å²) < 4.78 is 0. The summed E-state index contributed by atoms with van der Waals surface area (Å²) in [6.45, 7) is 8.12. The van der Waals surface area contributed by atoms with Gasteiger partial charge in [-0.15, -0.1) is 0 Å². The summed E-state index contributed by atoms with van der Waals surface area (Å²) in [5, 5.41) is 0. The number of hydrogen-bond acceptors (Lipinski definition) is 3. The third-order valence-corrected chi connectivity index (χ3v) is 4.93. The van der Waals surface area contributed by atoms with Gasteiger partial charge in [-0.1, -0.05) is 37.3 Å². The van der Waals surface area contributed by atoms with E-state index >= 15 is 0 Å². The van der Waals surface area contributed by atoms with Crippen LogP contribution in [0.1, 0.15) is 38.3 Å². The minimum absolute atomic E-state index is 0.0883. The Hall–Kier alpha value is -0.900. The Bertz CT molecular complexity index is 384. The number of likely N-dealkylation sites (tertiary alicyclic amines) is 1. The minimum atomic E-state index is 0.0883. The number of rotatable bonds is 5. The third kappa shape index (κ3) is 3.60. The molecule has 0 saturated carbocycles. The van der Waals surface area contributed by atoms with Crippen LogP contribution < -0.4 is 5.73 Å². The summed E-state index contributed by atoms with van der Waals surface area (Å²) in [4.78, 5) is 5.02. The fourth-order valence-electron chi connectivity index (χ4n) is 3.18. The average molecular weight is 275 g/mol. The van der Waals surface area contributed by atoms with Crippen molar-refractivity contribution in [1.29, 1.82) is 0 Å². The van der Waals surface area contributed by atoms with Crippen LogP contribution in [0.5, 0.6) is 0 Å². The molecule has 0 radical (unpaired) electrons. The first-order valence-electron chi connectivity index (χ1n) is 7.88. The third-order valence-electron chi connectivity index (χ3n) is 4.93. The number of nitrogens with zero attached hydrogens (tertiary/aromatic N) is 2. The second kappa shape index (κ2) is 7.21. The smallest absolute Gasteiger partial charge is 0.0450 e. The van der Waals surface area contributed by atoms with Gasteiger partial charge in [-0.05, 0) is 52.0 Å². The van der Waals surface area contributed by atoms with Gasteiger partial charge >= 0.3 is 0 Å². The van der Waals surface area contributed by atoms with Crippen LogP contribution in [0.2, 0.25) is 0 Å². The Labute approximate surface area is 123 Å². The molecule has 2 atom stereocenters. The van der Waals surface area contributed by atoms with Crippen molar-refractivity contribution in [1.82, 2.24) is 9.80 Å². The highest BCUT2D eigenvalue weighted by Crippen LogP contribution is 2.23. The van der Waals surface area contributed by atoms with Gasteiger partial charge in [0.05, 0.1) is 0 Å². The molecule has 1 aromatic rings. The first-order valence-corrected chi connectivity index (χ1v) is 7.88. The molecule has 3 nitrogen and oxygen atoms in total. The van der Waals surface area contributed by atoms with Crippen LogP contribution in [-0.4, -0.2) is 48.6 Å². The summed E-state index contributed by atoms with van der Waals surface area (Å²) in [6.07, 6.45) is 2.52. The zero-order valence-electron chi connectivity index (χ0n) is 13.1. The monoisotopic (exact) mass is 275 g/mol. The molecule has 1 saturated heterocycles. The van der Waals surface area contributed by atoms with Gasteiger partial charge in [0.25, 0.3) is 0 Å². The molecule has 1 heterocycles. The molecule has 0 bridgehead atoms. The van der Waals surface area contributed by atoms with Crippen molar-refractivity contribution in [3.63, 3.8) is 0 Å². The van der Waals surface area contributed by atoms with Crippen molar-refractivity contribution in [3.8, 4) is 0 Å². The van der Waals surface area contributed by atoms with Gasteiger partial charge in [-0.25, -0.2) is 0 Å². The van der Waals surface area contributed by atoms with Crippen molar-refractivity contribution in [3.05, 3.63) is 35.9 Å². The molecule has 0 amide bonds. The highest BCUT2D eigenvalue weighted by atomic mass is 15.2. The lowest BCUT2D eigenvalue weighted by molar-refractivity contribution is 0.0944.